The number of H-pyrrole nitrogens is 1. The number of para-hydroxylation sites is 1. The molecule has 0 fully saturated rings. The van der Waals surface area contributed by atoms with Gasteiger partial charge in [0.15, 0.2) is 0 Å². The number of hydrogen-bond donors (Lipinski definition) is 4. The largest absolute Gasteiger partial charge is 0.497 e. The molecule has 10 heteroatoms. The van der Waals surface area contributed by atoms with E-state index in [0.717, 1.165) is 22.0 Å². The molecule has 0 saturated carbocycles. The van der Waals surface area contributed by atoms with E-state index in [9.17, 15) is 4.79 Å². The Morgan fingerprint density at radius 3 is 2.65 bits per heavy atom. The maximum atomic E-state index is 12.5. The molecule has 1 amide bonds. The van der Waals surface area contributed by atoms with E-state index in [1.807, 2.05) is 36.5 Å². The first-order valence-corrected chi connectivity index (χ1v) is 11.7. The third kappa shape index (κ3) is 6.10. The van der Waals surface area contributed by atoms with Crippen molar-refractivity contribution in [1.82, 2.24) is 25.2 Å². The summed E-state index contributed by atoms with van der Waals surface area (Å²) in [6.45, 7) is 0.142. The minimum atomic E-state index is -0.440. The molecule has 2 aromatic carbocycles. The van der Waals surface area contributed by atoms with E-state index in [1.165, 1.54) is 18.6 Å². The van der Waals surface area contributed by atoms with E-state index in [1.54, 1.807) is 25.2 Å². The van der Waals surface area contributed by atoms with Gasteiger partial charge in [0, 0.05) is 47.5 Å². The number of rotatable bonds is 10. The molecule has 0 atom stereocenters. The van der Waals surface area contributed by atoms with Crippen molar-refractivity contribution >= 4 is 28.5 Å². The fourth-order valence-corrected chi connectivity index (χ4v) is 4.00. The Labute approximate surface area is 214 Å². The van der Waals surface area contributed by atoms with Gasteiger partial charge in [-0.15, -0.1) is 0 Å². The summed E-state index contributed by atoms with van der Waals surface area (Å²) < 4.78 is 10.8. The van der Waals surface area contributed by atoms with Gasteiger partial charge in [0.25, 0.3) is 5.91 Å². The van der Waals surface area contributed by atoms with Crippen molar-refractivity contribution in [2.45, 2.75) is 19.4 Å². The van der Waals surface area contributed by atoms with Gasteiger partial charge in [-0.3, -0.25) is 20.6 Å². The minimum Gasteiger partial charge on any atom is -0.497 e. The third-order valence-corrected chi connectivity index (χ3v) is 5.99. The van der Waals surface area contributed by atoms with E-state index in [4.69, 9.17) is 20.3 Å². The second kappa shape index (κ2) is 11.8. The summed E-state index contributed by atoms with van der Waals surface area (Å²) in [4.78, 5) is 25.2. The second-order valence-electron chi connectivity index (χ2n) is 8.29. The molecule has 4 rings (SSSR count). The number of carbonyl (C=O) groups excluding carboxylic acids is 1. The highest BCUT2D eigenvalue weighted by atomic mass is 16.5. The standard InChI is InChI=1S/C27H29N7O3/c1-36-20-9-7-19(24(13-20)37-2)17-34(26(29)16-33-27(35)23-15-30-11-12-31-23)25(28)10-8-18-14-32-22-6-4-3-5-21(18)22/h3-7,9,11-15,28-29,32H,8,10,16-17H2,1-2H3,(H,33,35). The Morgan fingerprint density at radius 1 is 1.05 bits per heavy atom. The predicted molar refractivity (Wildman–Crippen MR) is 142 cm³/mol. The van der Waals surface area contributed by atoms with Crippen LogP contribution in [0.3, 0.4) is 0 Å². The number of aromatic nitrogens is 3. The Balaban J connectivity index is 1.51. The number of ether oxygens (including phenoxy) is 2. The molecule has 2 aromatic heterocycles. The summed E-state index contributed by atoms with van der Waals surface area (Å²) in [5.74, 6) is 1.11. The number of methoxy groups -OCH3 is 2. The van der Waals surface area contributed by atoms with Gasteiger partial charge in [-0.1, -0.05) is 18.2 Å². The molecule has 2 heterocycles. The molecule has 0 unspecified atom stereocenters. The SMILES string of the molecule is COc1ccc(CN(C(=N)CCc2c[nH]c3ccccc23)C(=N)CNC(=O)c2cnccn2)c(OC)c1. The van der Waals surface area contributed by atoms with Crippen LogP contribution in [-0.2, 0) is 13.0 Å². The maximum Gasteiger partial charge on any atom is 0.271 e. The van der Waals surface area contributed by atoms with Crippen LogP contribution in [-0.4, -0.2) is 58.2 Å². The lowest BCUT2D eigenvalue weighted by Gasteiger charge is -2.27. The molecule has 0 bridgehead atoms. The number of amides is 1. The zero-order valence-corrected chi connectivity index (χ0v) is 20.7. The van der Waals surface area contributed by atoms with E-state index in [-0.39, 0.29) is 30.5 Å². The molecule has 4 aromatic rings. The molecule has 190 valence electrons. The normalized spacial score (nSPS) is 10.6. The van der Waals surface area contributed by atoms with Crippen LogP contribution in [0.4, 0.5) is 0 Å². The smallest absolute Gasteiger partial charge is 0.271 e. The molecule has 10 nitrogen and oxygen atoms in total. The van der Waals surface area contributed by atoms with Gasteiger partial charge in [-0.05, 0) is 30.2 Å². The number of aromatic amines is 1. The van der Waals surface area contributed by atoms with Gasteiger partial charge in [0.2, 0.25) is 0 Å². The van der Waals surface area contributed by atoms with Crippen molar-refractivity contribution in [3.8, 4) is 11.5 Å². The van der Waals surface area contributed by atoms with Crippen LogP contribution in [0.1, 0.15) is 28.0 Å². The van der Waals surface area contributed by atoms with Gasteiger partial charge >= 0.3 is 0 Å². The van der Waals surface area contributed by atoms with Crippen LogP contribution in [0.2, 0.25) is 0 Å². The highest BCUT2D eigenvalue weighted by Crippen LogP contribution is 2.26. The van der Waals surface area contributed by atoms with Crippen molar-refractivity contribution < 1.29 is 14.3 Å². The summed E-state index contributed by atoms with van der Waals surface area (Å²) in [6, 6.07) is 13.5. The van der Waals surface area contributed by atoms with Gasteiger partial charge in [0.05, 0.1) is 33.5 Å². The third-order valence-electron chi connectivity index (χ3n) is 5.99. The van der Waals surface area contributed by atoms with Gasteiger partial charge in [-0.25, -0.2) is 4.98 Å². The molecule has 0 aliphatic carbocycles. The molecule has 4 N–H and O–H groups in total. The number of fused-ring (bicyclic) bond motifs is 1. The van der Waals surface area contributed by atoms with E-state index < -0.39 is 5.91 Å². The van der Waals surface area contributed by atoms with Crippen molar-refractivity contribution in [2.24, 2.45) is 0 Å². The van der Waals surface area contributed by atoms with Crippen LogP contribution in [0.5, 0.6) is 11.5 Å². The number of carbonyl (C=O) groups is 1. The first-order valence-electron chi connectivity index (χ1n) is 11.7. The molecular weight excluding hydrogens is 470 g/mol. The van der Waals surface area contributed by atoms with Crippen molar-refractivity contribution in [1.29, 1.82) is 10.8 Å². The van der Waals surface area contributed by atoms with Crippen LogP contribution in [0.15, 0.2) is 67.3 Å². The second-order valence-corrected chi connectivity index (χ2v) is 8.29. The quantitative estimate of drug-likeness (QED) is 0.193. The first-order chi connectivity index (χ1) is 18.0. The Kier molecular flexibility index (Phi) is 8.09. The highest BCUT2D eigenvalue weighted by molar-refractivity contribution is 6.01. The zero-order valence-electron chi connectivity index (χ0n) is 20.7. The lowest BCUT2D eigenvalue weighted by molar-refractivity contribution is 0.0953. The summed E-state index contributed by atoms with van der Waals surface area (Å²) >= 11 is 0. The van der Waals surface area contributed by atoms with E-state index in [2.05, 4.69) is 26.3 Å². The van der Waals surface area contributed by atoms with Crippen molar-refractivity contribution in [2.75, 3.05) is 20.8 Å². The summed E-state index contributed by atoms with van der Waals surface area (Å²) in [6.07, 6.45) is 7.27. The van der Waals surface area contributed by atoms with Gasteiger partial charge in [-0.2, -0.15) is 0 Å². The number of nitrogens with zero attached hydrogens (tertiary/aromatic N) is 3. The number of hydrogen-bond acceptors (Lipinski definition) is 7. The first kappa shape index (κ1) is 25.4. The zero-order chi connectivity index (χ0) is 26.2. The van der Waals surface area contributed by atoms with E-state index >= 15 is 0 Å². The Bertz CT molecular complexity index is 1400. The van der Waals surface area contributed by atoms with Crippen molar-refractivity contribution in [3.63, 3.8) is 0 Å². The highest BCUT2D eigenvalue weighted by Gasteiger charge is 2.20. The summed E-state index contributed by atoms with van der Waals surface area (Å²) in [5, 5.41) is 21.4. The van der Waals surface area contributed by atoms with Crippen LogP contribution in [0.25, 0.3) is 10.9 Å². The Morgan fingerprint density at radius 2 is 1.89 bits per heavy atom. The molecule has 0 saturated heterocycles. The molecule has 0 spiro atoms. The predicted octanol–water partition coefficient (Wildman–Crippen LogP) is 3.79. The molecular formula is C27H29N7O3. The van der Waals surface area contributed by atoms with Crippen LogP contribution >= 0.6 is 0 Å². The topological polar surface area (TPSA) is 140 Å². The monoisotopic (exact) mass is 499 g/mol. The van der Waals surface area contributed by atoms with Crippen LogP contribution < -0.4 is 14.8 Å². The molecule has 0 aliphatic heterocycles. The lowest BCUT2D eigenvalue weighted by atomic mass is 10.1. The maximum absolute atomic E-state index is 12.5. The number of amidine groups is 2. The number of benzene rings is 2. The fraction of sp³-hybridized carbons (Fsp3) is 0.222. The number of nitrogens with one attached hydrogen (secondary N) is 4. The summed E-state index contributed by atoms with van der Waals surface area (Å²) in [5.41, 5.74) is 3.09. The molecule has 0 radical (unpaired) electrons. The van der Waals surface area contributed by atoms with Crippen molar-refractivity contribution in [3.05, 3.63) is 84.1 Å². The number of aryl methyl sites for hydroxylation is 1. The summed E-state index contributed by atoms with van der Waals surface area (Å²) in [7, 11) is 3.15. The molecule has 0 aliphatic rings. The van der Waals surface area contributed by atoms with E-state index in [0.29, 0.717) is 24.3 Å². The Hall–Kier alpha value is -4.73. The average Bonchev–Trinajstić information content (AvgIpc) is 3.36. The lowest BCUT2D eigenvalue weighted by Crippen LogP contribution is -2.42. The fourth-order valence-electron chi connectivity index (χ4n) is 4.00. The average molecular weight is 500 g/mol. The van der Waals surface area contributed by atoms with Gasteiger partial charge < -0.3 is 24.7 Å². The molecule has 37 heavy (non-hydrogen) atoms. The van der Waals surface area contributed by atoms with Gasteiger partial charge in [0.1, 0.15) is 28.9 Å². The van der Waals surface area contributed by atoms with Crippen LogP contribution in [0, 0.1) is 10.8 Å². The minimum absolute atomic E-state index is 0.0686.